The maximum atomic E-state index is 11.6. The number of amides is 1. The van der Waals surface area contributed by atoms with Gasteiger partial charge in [0.05, 0.1) is 12.2 Å². The van der Waals surface area contributed by atoms with E-state index >= 15 is 0 Å². The Morgan fingerprint density at radius 3 is 2.76 bits per heavy atom. The lowest BCUT2D eigenvalue weighted by Gasteiger charge is -2.04. The zero-order chi connectivity index (χ0) is 12.5. The lowest BCUT2D eigenvalue weighted by atomic mass is 10.1. The van der Waals surface area contributed by atoms with Gasteiger partial charge in [-0.25, -0.2) is 0 Å². The predicted molar refractivity (Wildman–Crippen MR) is 76.6 cm³/mol. The number of hydrogen-bond acceptors (Lipinski definition) is 3. The molecule has 1 amide bonds. The van der Waals surface area contributed by atoms with Gasteiger partial charge < -0.3 is 5.32 Å². The van der Waals surface area contributed by atoms with Gasteiger partial charge in [-0.15, -0.1) is 30.8 Å². The number of benzene rings is 1. The third-order valence-corrected chi connectivity index (χ3v) is 3.22. The molecular weight excluding hydrogens is 250 g/mol. The van der Waals surface area contributed by atoms with Crippen LogP contribution in [0.4, 0.5) is 0 Å². The molecule has 0 saturated carbocycles. The molecule has 1 N–H and O–H groups in total. The summed E-state index contributed by atoms with van der Waals surface area (Å²) in [6.07, 6.45) is 5.53. The predicted octanol–water partition coefficient (Wildman–Crippen LogP) is 2.00. The van der Waals surface area contributed by atoms with Crippen molar-refractivity contribution >= 4 is 30.3 Å². The fourth-order valence-corrected chi connectivity index (χ4v) is 1.91. The van der Waals surface area contributed by atoms with E-state index < -0.39 is 0 Å². The number of terminal acetylenes is 1. The van der Waals surface area contributed by atoms with E-state index in [0.29, 0.717) is 18.7 Å². The van der Waals surface area contributed by atoms with Crippen LogP contribution in [0.25, 0.3) is 0 Å². The van der Waals surface area contributed by atoms with Crippen LogP contribution in [0.15, 0.2) is 29.2 Å². The fraction of sp³-hybridized carbons (Fsp3) is 0.308. The Balaban J connectivity index is 2.21. The van der Waals surface area contributed by atoms with E-state index in [9.17, 15) is 4.79 Å². The van der Waals surface area contributed by atoms with Gasteiger partial charge in [0.2, 0.25) is 5.91 Å². The molecule has 1 aromatic carbocycles. The molecule has 0 unspecified atom stereocenters. The third kappa shape index (κ3) is 6.30. The Bertz CT molecular complexity index is 395. The summed E-state index contributed by atoms with van der Waals surface area (Å²) in [5.74, 6) is 4.13. The van der Waals surface area contributed by atoms with Gasteiger partial charge in [0.1, 0.15) is 0 Å². The van der Waals surface area contributed by atoms with E-state index in [-0.39, 0.29) is 5.91 Å². The van der Waals surface area contributed by atoms with Crippen LogP contribution in [0.3, 0.4) is 0 Å². The Hall–Kier alpha value is -1.05. The summed E-state index contributed by atoms with van der Waals surface area (Å²) in [7, 11) is 0. The van der Waals surface area contributed by atoms with Crippen molar-refractivity contribution in [3.05, 3.63) is 29.8 Å². The van der Waals surface area contributed by atoms with Crippen molar-refractivity contribution in [1.82, 2.24) is 5.32 Å². The molecule has 0 aliphatic carbocycles. The summed E-state index contributed by atoms with van der Waals surface area (Å²) in [6, 6.07) is 7.59. The van der Waals surface area contributed by atoms with E-state index in [1.54, 1.807) is 11.8 Å². The van der Waals surface area contributed by atoms with Gasteiger partial charge in [0.25, 0.3) is 0 Å². The lowest BCUT2D eigenvalue weighted by molar-refractivity contribution is -0.120. The Kier molecular flexibility index (Phi) is 6.68. The zero-order valence-corrected chi connectivity index (χ0v) is 11.2. The van der Waals surface area contributed by atoms with E-state index in [1.807, 2.05) is 24.3 Å². The maximum absolute atomic E-state index is 11.6. The molecule has 4 heteroatoms. The van der Waals surface area contributed by atoms with E-state index in [2.05, 4.69) is 23.9 Å². The first-order chi connectivity index (χ1) is 8.22. The number of hydrogen-bond donors (Lipinski definition) is 2. The quantitative estimate of drug-likeness (QED) is 0.468. The van der Waals surface area contributed by atoms with Gasteiger partial charge in [-0.3, -0.25) is 4.79 Å². The summed E-state index contributed by atoms with van der Waals surface area (Å²) < 4.78 is 0. The molecule has 0 heterocycles. The highest BCUT2D eigenvalue weighted by Crippen LogP contribution is 2.08. The van der Waals surface area contributed by atoms with Crippen molar-refractivity contribution in [3.8, 4) is 12.3 Å². The molecule has 0 spiro atoms. The Morgan fingerprint density at radius 1 is 1.41 bits per heavy atom. The second-order valence-electron chi connectivity index (χ2n) is 3.45. The lowest BCUT2D eigenvalue weighted by Crippen LogP contribution is -2.27. The molecular formula is C13H15NOS2. The van der Waals surface area contributed by atoms with Crippen molar-refractivity contribution < 1.29 is 4.79 Å². The van der Waals surface area contributed by atoms with Gasteiger partial charge >= 0.3 is 0 Å². The fourth-order valence-electron chi connectivity index (χ4n) is 1.26. The summed E-state index contributed by atoms with van der Waals surface area (Å²) in [4.78, 5) is 12.5. The Labute approximate surface area is 112 Å². The Morgan fingerprint density at radius 2 is 2.12 bits per heavy atom. The van der Waals surface area contributed by atoms with Crippen LogP contribution in [0, 0.1) is 12.3 Å². The molecule has 0 radical (unpaired) electrons. The molecule has 17 heavy (non-hydrogen) atoms. The summed E-state index contributed by atoms with van der Waals surface area (Å²) in [5, 5.41) is 2.86. The average molecular weight is 265 g/mol. The largest absolute Gasteiger partial charge is 0.355 e. The monoisotopic (exact) mass is 265 g/mol. The van der Waals surface area contributed by atoms with Gasteiger partial charge in [-0.1, -0.05) is 18.1 Å². The minimum Gasteiger partial charge on any atom is -0.355 e. The molecule has 0 aliphatic heterocycles. The van der Waals surface area contributed by atoms with E-state index in [1.165, 1.54) is 0 Å². The molecule has 0 aromatic heterocycles. The summed E-state index contributed by atoms with van der Waals surface area (Å²) in [6.45, 7) is 0.663. The minimum absolute atomic E-state index is 0.0400. The van der Waals surface area contributed by atoms with Crippen LogP contribution in [-0.4, -0.2) is 24.0 Å². The number of carbonyl (C=O) groups is 1. The number of nitrogens with one attached hydrogen (secondary N) is 1. The van der Waals surface area contributed by atoms with E-state index in [4.69, 9.17) is 6.42 Å². The van der Waals surface area contributed by atoms with Crippen LogP contribution in [0.5, 0.6) is 0 Å². The third-order valence-electron chi connectivity index (χ3n) is 2.05. The number of rotatable bonds is 6. The first-order valence-corrected chi connectivity index (χ1v) is 6.88. The standard InChI is InChI=1S/C13H15NOS2/c1-2-8-17-9-7-14-13(15)10-11-3-5-12(16)6-4-11/h1,3-6,16H,7-10H2,(H,14,15). The van der Waals surface area contributed by atoms with Gasteiger partial charge in [-0.2, -0.15) is 0 Å². The van der Waals surface area contributed by atoms with Crippen molar-refractivity contribution in [2.24, 2.45) is 0 Å². The van der Waals surface area contributed by atoms with Crippen molar-refractivity contribution in [1.29, 1.82) is 0 Å². The molecule has 0 bridgehead atoms. The average Bonchev–Trinajstić information content (AvgIpc) is 2.32. The molecule has 0 fully saturated rings. The number of carbonyl (C=O) groups excluding carboxylic acids is 1. The smallest absolute Gasteiger partial charge is 0.224 e. The highest BCUT2D eigenvalue weighted by atomic mass is 32.2. The van der Waals surface area contributed by atoms with E-state index in [0.717, 1.165) is 16.2 Å². The molecule has 2 nitrogen and oxygen atoms in total. The van der Waals surface area contributed by atoms with Crippen LogP contribution in [0.1, 0.15) is 5.56 Å². The molecule has 90 valence electrons. The van der Waals surface area contributed by atoms with Crippen LogP contribution >= 0.6 is 24.4 Å². The summed E-state index contributed by atoms with van der Waals surface area (Å²) in [5.41, 5.74) is 0.997. The van der Waals surface area contributed by atoms with Gasteiger partial charge in [-0.05, 0) is 17.7 Å². The van der Waals surface area contributed by atoms with Crippen LogP contribution < -0.4 is 5.32 Å². The normalized spacial score (nSPS) is 9.65. The van der Waals surface area contributed by atoms with Crippen LogP contribution in [0.2, 0.25) is 0 Å². The van der Waals surface area contributed by atoms with Crippen LogP contribution in [-0.2, 0) is 11.2 Å². The van der Waals surface area contributed by atoms with Crippen molar-refractivity contribution in [3.63, 3.8) is 0 Å². The second-order valence-corrected chi connectivity index (χ2v) is 5.07. The van der Waals surface area contributed by atoms with Crippen molar-refractivity contribution in [2.75, 3.05) is 18.1 Å². The first kappa shape index (κ1) is 14.0. The van der Waals surface area contributed by atoms with Gasteiger partial charge in [0.15, 0.2) is 0 Å². The minimum atomic E-state index is 0.0400. The number of thiol groups is 1. The SMILES string of the molecule is C#CCSCCNC(=O)Cc1ccc(S)cc1. The summed E-state index contributed by atoms with van der Waals surface area (Å²) >= 11 is 5.83. The first-order valence-electron chi connectivity index (χ1n) is 5.28. The molecule has 0 saturated heterocycles. The van der Waals surface area contributed by atoms with Crippen molar-refractivity contribution in [2.45, 2.75) is 11.3 Å². The number of thioether (sulfide) groups is 1. The highest BCUT2D eigenvalue weighted by Gasteiger charge is 2.02. The second kappa shape index (κ2) is 8.10. The molecule has 1 aromatic rings. The zero-order valence-electron chi connectivity index (χ0n) is 9.48. The molecule has 1 rings (SSSR count). The maximum Gasteiger partial charge on any atom is 0.224 e. The highest BCUT2D eigenvalue weighted by molar-refractivity contribution is 7.99. The topological polar surface area (TPSA) is 29.1 Å². The molecule has 0 atom stereocenters. The van der Waals surface area contributed by atoms with Gasteiger partial charge in [0, 0.05) is 17.2 Å². The molecule has 0 aliphatic rings.